The number of hydrogen-bond acceptors (Lipinski definition) is 12. The van der Waals surface area contributed by atoms with Crippen molar-refractivity contribution in [1.29, 1.82) is 0 Å². The number of para-hydroxylation sites is 1. The fraction of sp³-hybridized carbons (Fsp3) is 0.440. The molecule has 1 aromatic heterocycles. The summed E-state index contributed by atoms with van der Waals surface area (Å²) in [4.78, 5) is 47.5. The highest BCUT2D eigenvalue weighted by molar-refractivity contribution is 7.91. The average molecular weight is 592 g/mol. The summed E-state index contributed by atoms with van der Waals surface area (Å²) in [7, 11) is -3.16. The lowest BCUT2D eigenvalue weighted by Crippen LogP contribution is -2.45. The van der Waals surface area contributed by atoms with E-state index in [2.05, 4.69) is 15.3 Å². The number of esters is 1. The second kappa shape index (κ2) is 12.2. The van der Waals surface area contributed by atoms with Gasteiger partial charge in [0.2, 0.25) is 0 Å². The van der Waals surface area contributed by atoms with Gasteiger partial charge in [0.15, 0.2) is 20.7 Å². The van der Waals surface area contributed by atoms with Gasteiger partial charge in [-0.25, -0.2) is 18.2 Å². The molecule has 2 unspecified atom stereocenters. The molecule has 1 fully saturated rings. The van der Waals surface area contributed by atoms with Crippen molar-refractivity contribution in [2.45, 2.75) is 32.2 Å². The van der Waals surface area contributed by atoms with Crippen LogP contribution >= 0.6 is 11.3 Å². The van der Waals surface area contributed by atoms with Gasteiger partial charge in [0.25, 0.3) is 5.69 Å². The molecule has 1 aromatic carbocycles. The van der Waals surface area contributed by atoms with Gasteiger partial charge in [0.05, 0.1) is 45.8 Å². The lowest BCUT2D eigenvalue weighted by molar-refractivity contribution is -0.385. The minimum absolute atomic E-state index is 0.0347. The van der Waals surface area contributed by atoms with Gasteiger partial charge in [-0.1, -0.05) is 19.1 Å². The first-order valence-corrected chi connectivity index (χ1v) is 15.3. The van der Waals surface area contributed by atoms with Crippen molar-refractivity contribution in [3.05, 3.63) is 67.3 Å². The maximum absolute atomic E-state index is 13.3. The Kier molecular flexibility index (Phi) is 8.95. The molecule has 2 N–H and O–H groups in total. The zero-order chi connectivity index (χ0) is 29.0. The Morgan fingerprint density at radius 3 is 2.60 bits per heavy atom. The first-order chi connectivity index (χ1) is 19.0. The van der Waals surface area contributed by atoms with Crippen molar-refractivity contribution in [3.63, 3.8) is 0 Å². The molecule has 0 bridgehead atoms. The van der Waals surface area contributed by atoms with Gasteiger partial charge < -0.3 is 15.2 Å². The number of aliphatic imine (C=N–C) groups is 1. The second-order valence-corrected chi connectivity index (χ2v) is 12.4. The summed E-state index contributed by atoms with van der Waals surface area (Å²) in [6, 6.07) is 4.83. The lowest BCUT2D eigenvalue weighted by Gasteiger charge is -2.32. The molecule has 1 saturated heterocycles. The predicted octanol–water partition coefficient (Wildman–Crippen LogP) is 2.27. The molecule has 2 aliphatic heterocycles. The topological polar surface area (TPSA) is 181 Å². The third kappa shape index (κ3) is 6.37. The molecule has 214 valence electrons. The monoisotopic (exact) mass is 591 g/mol. The maximum atomic E-state index is 13.3. The second-order valence-electron chi connectivity index (χ2n) is 9.24. The van der Waals surface area contributed by atoms with Crippen molar-refractivity contribution < 1.29 is 32.8 Å². The number of benzene rings is 1. The smallest absolute Gasteiger partial charge is 0.338 e. The van der Waals surface area contributed by atoms with Crippen molar-refractivity contribution in [1.82, 2.24) is 15.2 Å². The van der Waals surface area contributed by atoms with Crippen LogP contribution in [0.3, 0.4) is 0 Å². The number of carbonyl (C=O) groups is 2. The first kappa shape index (κ1) is 29.3. The minimum atomic E-state index is -3.16. The highest BCUT2D eigenvalue weighted by Crippen LogP contribution is 2.38. The summed E-state index contributed by atoms with van der Waals surface area (Å²) in [5.74, 6) is -2.40. The van der Waals surface area contributed by atoms with E-state index in [1.165, 1.54) is 18.2 Å². The van der Waals surface area contributed by atoms with E-state index in [1.807, 2.05) is 4.90 Å². The molecule has 0 saturated carbocycles. The predicted molar refractivity (Wildman–Crippen MR) is 147 cm³/mol. The van der Waals surface area contributed by atoms with E-state index in [0.717, 1.165) is 11.3 Å². The quantitative estimate of drug-likeness (QED) is 0.235. The van der Waals surface area contributed by atoms with Crippen LogP contribution in [0.2, 0.25) is 0 Å². The Morgan fingerprint density at radius 2 is 1.98 bits per heavy atom. The number of sulfone groups is 1. The molecule has 4 rings (SSSR count). The summed E-state index contributed by atoms with van der Waals surface area (Å²) in [6.07, 6.45) is 0.327. The molecule has 13 nitrogen and oxygen atoms in total. The van der Waals surface area contributed by atoms with Gasteiger partial charge in [-0.2, -0.15) is 0 Å². The lowest BCUT2D eigenvalue weighted by atomic mass is 9.94. The Morgan fingerprint density at radius 1 is 1.27 bits per heavy atom. The molecular formula is C25H29N5O8S2. The zero-order valence-corrected chi connectivity index (χ0v) is 23.5. The fourth-order valence-corrected chi connectivity index (χ4v) is 6.69. The number of carbonyl (C=O) groups excluding carboxylic acids is 1. The number of carboxylic acid groups (broad SMARTS) is 1. The number of nitrogens with one attached hydrogen (secondary N) is 1. The van der Waals surface area contributed by atoms with E-state index >= 15 is 0 Å². The van der Waals surface area contributed by atoms with Crippen LogP contribution in [0.1, 0.15) is 48.5 Å². The fourth-order valence-electron chi connectivity index (χ4n) is 4.59. The van der Waals surface area contributed by atoms with Crippen LogP contribution in [0.25, 0.3) is 0 Å². The molecule has 0 radical (unpaired) electrons. The molecule has 2 aliphatic rings. The number of aliphatic carboxylic acids is 1. The normalized spacial score (nSPS) is 19.9. The summed E-state index contributed by atoms with van der Waals surface area (Å²) >= 11 is 1.16. The molecule has 0 spiro atoms. The van der Waals surface area contributed by atoms with Gasteiger partial charge in [-0.3, -0.25) is 24.8 Å². The van der Waals surface area contributed by atoms with Crippen molar-refractivity contribution in [3.8, 4) is 0 Å². The molecule has 2 aromatic rings. The standard InChI is InChI=1S/C25H29N5O8S2/c1-3-15(24(31)32)18-14-39-23(27-18)22-26-17(13-29-9-11-40(36,37)12-10-29)20(25(33)38-4-2)21(28-22)16-7-5-6-8-19(16)30(34)35/h5-8,14-15,21H,3-4,9-13H2,1-2H3,(H,26,28)(H,31,32). The van der Waals surface area contributed by atoms with Gasteiger partial charge in [0.1, 0.15) is 6.04 Å². The van der Waals surface area contributed by atoms with E-state index < -0.39 is 38.7 Å². The summed E-state index contributed by atoms with van der Waals surface area (Å²) in [5, 5.41) is 26.6. The van der Waals surface area contributed by atoms with E-state index in [9.17, 15) is 33.2 Å². The SMILES string of the molecule is CCOC(=O)C1=C(CN2CCS(=O)(=O)CC2)NC(c2nc(C(CC)C(=O)O)cs2)=NC1c1ccccc1[N+](=O)[O-]. The molecule has 0 aliphatic carbocycles. The van der Waals surface area contributed by atoms with Crippen LogP contribution in [0, 0.1) is 10.1 Å². The molecule has 0 amide bonds. The number of nitro benzene ring substituents is 1. The minimum Gasteiger partial charge on any atom is -0.481 e. The van der Waals surface area contributed by atoms with E-state index in [1.54, 1.807) is 25.3 Å². The Labute approximate surface area is 234 Å². The Bertz CT molecular complexity index is 1470. The van der Waals surface area contributed by atoms with Gasteiger partial charge >= 0.3 is 11.9 Å². The van der Waals surface area contributed by atoms with Crippen LogP contribution in [-0.4, -0.2) is 83.9 Å². The largest absolute Gasteiger partial charge is 0.481 e. The Hall–Kier alpha value is -3.69. The van der Waals surface area contributed by atoms with Crippen molar-refractivity contribution in [2.24, 2.45) is 4.99 Å². The number of nitro groups is 1. The van der Waals surface area contributed by atoms with Gasteiger partial charge in [-0.05, 0) is 19.4 Å². The molecule has 40 heavy (non-hydrogen) atoms. The van der Waals surface area contributed by atoms with Gasteiger partial charge in [0, 0.05) is 36.8 Å². The number of nitrogens with zero attached hydrogens (tertiary/aromatic N) is 4. The molecule has 15 heteroatoms. The van der Waals surface area contributed by atoms with Crippen molar-refractivity contribution >= 4 is 44.6 Å². The van der Waals surface area contributed by atoms with E-state index in [-0.39, 0.29) is 60.4 Å². The molecular weight excluding hydrogens is 562 g/mol. The third-order valence-electron chi connectivity index (χ3n) is 6.66. The Balaban J connectivity index is 1.84. The zero-order valence-electron chi connectivity index (χ0n) is 21.9. The molecule has 3 heterocycles. The van der Waals surface area contributed by atoms with Gasteiger partial charge in [-0.15, -0.1) is 11.3 Å². The average Bonchev–Trinajstić information content (AvgIpc) is 3.39. The summed E-state index contributed by atoms with van der Waals surface area (Å²) in [6.45, 7) is 4.05. The number of hydrogen-bond donors (Lipinski definition) is 2. The number of amidine groups is 1. The summed E-state index contributed by atoms with van der Waals surface area (Å²) < 4.78 is 29.3. The van der Waals surface area contributed by atoms with Crippen LogP contribution < -0.4 is 5.32 Å². The van der Waals surface area contributed by atoms with Crippen LogP contribution in [0.15, 0.2) is 45.9 Å². The summed E-state index contributed by atoms with van der Waals surface area (Å²) in [5.41, 5.74) is 0.709. The van der Waals surface area contributed by atoms with Crippen LogP contribution in [0.5, 0.6) is 0 Å². The number of aromatic nitrogens is 1. The number of carboxylic acids is 1. The van der Waals surface area contributed by atoms with Crippen LogP contribution in [-0.2, 0) is 24.2 Å². The van der Waals surface area contributed by atoms with E-state index in [4.69, 9.17) is 4.74 Å². The highest BCUT2D eigenvalue weighted by Gasteiger charge is 2.37. The molecule has 2 atom stereocenters. The first-order valence-electron chi connectivity index (χ1n) is 12.6. The van der Waals surface area contributed by atoms with E-state index in [0.29, 0.717) is 22.8 Å². The van der Waals surface area contributed by atoms with Crippen LogP contribution in [0.4, 0.5) is 5.69 Å². The highest BCUT2D eigenvalue weighted by atomic mass is 32.2. The third-order valence-corrected chi connectivity index (χ3v) is 9.13. The number of rotatable bonds is 10. The van der Waals surface area contributed by atoms with Crippen molar-refractivity contribution in [2.75, 3.05) is 37.7 Å². The number of ether oxygens (including phenoxy) is 1. The number of thiazole rings is 1. The maximum Gasteiger partial charge on any atom is 0.338 e.